The minimum atomic E-state index is -0.730. The van der Waals surface area contributed by atoms with Crippen LogP contribution in [0.15, 0.2) is 58.4 Å². The predicted octanol–water partition coefficient (Wildman–Crippen LogP) is 3.91. The Kier molecular flexibility index (Phi) is 7.83. The number of amides is 1. The third-order valence-corrected chi connectivity index (χ3v) is 5.93. The van der Waals surface area contributed by atoms with Crippen LogP contribution in [0.25, 0.3) is 16.7 Å². The highest BCUT2D eigenvalue weighted by molar-refractivity contribution is 6.36. The number of aromatic nitrogens is 3. The number of methoxy groups -OCH3 is 1. The van der Waals surface area contributed by atoms with Gasteiger partial charge in [-0.2, -0.15) is 4.99 Å². The van der Waals surface area contributed by atoms with Crippen molar-refractivity contribution in [2.75, 3.05) is 20.3 Å². The zero-order valence-electron chi connectivity index (χ0n) is 19.5. The van der Waals surface area contributed by atoms with Crippen LogP contribution in [-0.4, -0.2) is 46.2 Å². The largest absolute Gasteiger partial charge is 0.462 e. The first kappa shape index (κ1) is 25.6. The molecule has 0 spiro atoms. The molecule has 0 bridgehead atoms. The lowest BCUT2D eigenvalue weighted by Crippen LogP contribution is -2.33. The van der Waals surface area contributed by atoms with Crippen LogP contribution in [0.1, 0.15) is 34.1 Å². The molecule has 3 aromatic heterocycles. The van der Waals surface area contributed by atoms with Crippen molar-refractivity contribution < 1.29 is 19.1 Å². The van der Waals surface area contributed by atoms with Crippen LogP contribution in [0.5, 0.6) is 0 Å². The van der Waals surface area contributed by atoms with Gasteiger partial charge in [0.2, 0.25) is 0 Å². The second-order valence-electron chi connectivity index (χ2n) is 7.72. The monoisotopic (exact) mass is 528 g/mol. The van der Waals surface area contributed by atoms with E-state index in [1.807, 2.05) is 0 Å². The number of aryl methyl sites for hydroxylation is 1. The summed E-state index contributed by atoms with van der Waals surface area (Å²) in [5, 5.41) is 0.652. The minimum absolute atomic E-state index is 0.000232. The van der Waals surface area contributed by atoms with Crippen molar-refractivity contribution in [2.45, 2.75) is 19.9 Å². The summed E-state index contributed by atoms with van der Waals surface area (Å²) in [6.07, 6.45) is 2.09. The molecule has 4 aromatic rings. The number of pyridine rings is 2. The van der Waals surface area contributed by atoms with E-state index in [9.17, 15) is 14.4 Å². The van der Waals surface area contributed by atoms with Crippen molar-refractivity contribution in [3.63, 3.8) is 0 Å². The van der Waals surface area contributed by atoms with E-state index in [-0.39, 0.29) is 51.4 Å². The molecule has 9 nitrogen and oxygen atoms in total. The van der Waals surface area contributed by atoms with Crippen molar-refractivity contribution in [3.8, 4) is 0 Å². The Labute approximate surface area is 215 Å². The van der Waals surface area contributed by atoms with Gasteiger partial charge >= 0.3 is 5.97 Å². The van der Waals surface area contributed by atoms with Gasteiger partial charge in [-0.1, -0.05) is 29.3 Å². The second-order valence-corrected chi connectivity index (χ2v) is 8.57. The van der Waals surface area contributed by atoms with E-state index in [2.05, 4.69) is 9.98 Å². The maximum Gasteiger partial charge on any atom is 0.341 e. The molecular weight excluding hydrogens is 507 g/mol. The number of rotatable bonds is 7. The van der Waals surface area contributed by atoms with Crippen LogP contribution in [0.3, 0.4) is 0 Å². The standard InChI is InChI=1S/C25H22Cl2N4O5/c1-3-36-25(34)18-14-17-21(28-20-7-4-5-10-30(20)24(17)33)31(11-6-12-35-2)22(18)29-23(32)16-9-8-15(26)13-19(16)27/h4-5,7-10,13-14H,3,6,11-12H2,1-2H3. The highest BCUT2D eigenvalue weighted by Gasteiger charge is 2.21. The number of carbonyl (C=O) groups excluding carboxylic acids is 2. The van der Waals surface area contributed by atoms with Crippen LogP contribution in [0.2, 0.25) is 10.0 Å². The number of benzene rings is 1. The topological polar surface area (TPSA) is 104 Å². The Morgan fingerprint density at radius 3 is 2.64 bits per heavy atom. The molecule has 4 rings (SSSR count). The third kappa shape index (κ3) is 5.04. The fraction of sp³-hybridized carbons (Fsp3) is 0.240. The Balaban J connectivity index is 2.09. The van der Waals surface area contributed by atoms with E-state index in [1.54, 1.807) is 43.0 Å². The first-order chi connectivity index (χ1) is 17.3. The lowest BCUT2D eigenvalue weighted by Gasteiger charge is -2.15. The van der Waals surface area contributed by atoms with Gasteiger partial charge in [-0.3, -0.25) is 14.0 Å². The lowest BCUT2D eigenvalue weighted by atomic mass is 10.2. The Hall–Kier alpha value is -3.53. The molecular formula is C25H22Cl2N4O5. The van der Waals surface area contributed by atoms with Crippen molar-refractivity contribution in [3.05, 3.63) is 85.7 Å². The summed E-state index contributed by atoms with van der Waals surface area (Å²) < 4.78 is 13.4. The summed E-state index contributed by atoms with van der Waals surface area (Å²) in [7, 11) is 1.56. The minimum Gasteiger partial charge on any atom is -0.462 e. The molecule has 36 heavy (non-hydrogen) atoms. The van der Waals surface area contributed by atoms with E-state index >= 15 is 0 Å². The lowest BCUT2D eigenvalue weighted by molar-refractivity contribution is 0.0523. The number of hydrogen-bond donors (Lipinski definition) is 0. The number of ether oxygens (including phenoxy) is 2. The van der Waals surface area contributed by atoms with E-state index in [0.717, 1.165) is 0 Å². The summed E-state index contributed by atoms with van der Waals surface area (Å²) >= 11 is 12.2. The number of nitrogens with zero attached hydrogens (tertiary/aromatic N) is 4. The number of carbonyl (C=O) groups is 2. The first-order valence-corrected chi connectivity index (χ1v) is 11.9. The molecule has 0 aliphatic rings. The molecule has 0 radical (unpaired) electrons. The molecule has 0 aliphatic heterocycles. The van der Waals surface area contributed by atoms with Crippen LogP contribution >= 0.6 is 23.2 Å². The van der Waals surface area contributed by atoms with Crippen molar-refractivity contribution in [1.29, 1.82) is 0 Å². The van der Waals surface area contributed by atoms with Gasteiger partial charge in [0.1, 0.15) is 16.9 Å². The van der Waals surface area contributed by atoms with E-state index in [1.165, 1.54) is 28.7 Å². The van der Waals surface area contributed by atoms with Gasteiger partial charge in [-0.25, -0.2) is 9.78 Å². The van der Waals surface area contributed by atoms with Crippen molar-refractivity contribution in [1.82, 2.24) is 14.0 Å². The van der Waals surface area contributed by atoms with Gasteiger partial charge in [0.25, 0.3) is 11.5 Å². The zero-order chi connectivity index (χ0) is 25.8. The first-order valence-electron chi connectivity index (χ1n) is 11.1. The summed E-state index contributed by atoms with van der Waals surface area (Å²) in [5.74, 6) is -1.43. The molecule has 0 fully saturated rings. The molecule has 11 heteroatoms. The molecule has 186 valence electrons. The van der Waals surface area contributed by atoms with Gasteiger partial charge < -0.3 is 14.0 Å². The van der Waals surface area contributed by atoms with E-state index < -0.39 is 11.9 Å². The summed E-state index contributed by atoms with van der Waals surface area (Å²) in [4.78, 5) is 48.5. The highest BCUT2D eigenvalue weighted by Crippen LogP contribution is 2.22. The molecule has 1 aromatic carbocycles. The number of esters is 1. The number of hydrogen-bond acceptors (Lipinski definition) is 6. The third-order valence-electron chi connectivity index (χ3n) is 5.38. The summed E-state index contributed by atoms with van der Waals surface area (Å²) in [6.45, 7) is 2.39. The smallest absolute Gasteiger partial charge is 0.341 e. The van der Waals surface area contributed by atoms with Crippen molar-refractivity contribution >= 4 is 51.8 Å². The number of fused-ring (bicyclic) bond motifs is 2. The Morgan fingerprint density at radius 1 is 1.11 bits per heavy atom. The summed E-state index contributed by atoms with van der Waals surface area (Å²) in [5.41, 5.74) is 0.350. The SMILES string of the molecule is CCOC(=O)c1cc2c(=O)n3ccccc3nc2n(CCCOC)c1=NC(=O)c1ccc(Cl)cc1Cl. The molecule has 0 N–H and O–H groups in total. The molecule has 0 unspecified atom stereocenters. The quantitative estimate of drug-likeness (QED) is 0.204. The maximum absolute atomic E-state index is 13.3. The molecule has 0 saturated carbocycles. The highest BCUT2D eigenvalue weighted by atomic mass is 35.5. The van der Waals surface area contributed by atoms with Crippen LogP contribution in [-0.2, 0) is 16.0 Å². The van der Waals surface area contributed by atoms with Crippen LogP contribution < -0.4 is 11.0 Å². The van der Waals surface area contributed by atoms with Gasteiger partial charge in [0, 0.05) is 31.5 Å². The molecule has 0 aliphatic carbocycles. The average Bonchev–Trinajstić information content (AvgIpc) is 2.85. The average molecular weight is 529 g/mol. The van der Waals surface area contributed by atoms with Gasteiger partial charge in [-0.05, 0) is 49.7 Å². The fourth-order valence-corrected chi connectivity index (χ4v) is 4.24. The van der Waals surface area contributed by atoms with E-state index in [0.29, 0.717) is 23.7 Å². The fourth-order valence-electron chi connectivity index (χ4n) is 3.76. The van der Waals surface area contributed by atoms with E-state index in [4.69, 9.17) is 32.7 Å². The maximum atomic E-state index is 13.3. The molecule has 1 amide bonds. The van der Waals surface area contributed by atoms with Gasteiger partial charge in [-0.15, -0.1) is 0 Å². The second kappa shape index (κ2) is 11.0. The predicted molar refractivity (Wildman–Crippen MR) is 136 cm³/mol. The number of halogens is 2. The van der Waals surface area contributed by atoms with Crippen molar-refractivity contribution in [2.24, 2.45) is 4.99 Å². The Morgan fingerprint density at radius 2 is 1.92 bits per heavy atom. The summed E-state index contributed by atoms with van der Waals surface area (Å²) in [6, 6.07) is 10.9. The molecule has 0 atom stereocenters. The zero-order valence-corrected chi connectivity index (χ0v) is 21.0. The van der Waals surface area contributed by atoms with Crippen LogP contribution in [0.4, 0.5) is 0 Å². The normalized spacial score (nSPS) is 11.8. The molecule has 3 heterocycles. The van der Waals surface area contributed by atoms with Crippen LogP contribution in [0, 0.1) is 0 Å². The Bertz CT molecular complexity index is 1610. The van der Waals surface area contributed by atoms with Gasteiger partial charge in [0.15, 0.2) is 5.49 Å². The molecule has 0 saturated heterocycles. The van der Waals surface area contributed by atoms with Gasteiger partial charge in [0.05, 0.1) is 22.6 Å².